The van der Waals surface area contributed by atoms with Crippen LogP contribution in [-0.4, -0.2) is 22.6 Å². The number of amides is 1. The van der Waals surface area contributed by atoms with E-state index in [1.807, 2.05) is 30.3 Å². The molecule has 3 nitrogen and oxygen atoms in total. The Labute approximate surface area is 120 Å². The molecule has 1 atom stereocenters. The van der Waals surface area contributed by atoms with Crippen molar-refractivity contribution in [1.82, 2.24) is 4.90 Å². The van der Waals surface area contributed by atoms with Gasteiger partial charge in [-0.1, -0.05) is 49.9 Å². The summed E-state index contributed by atoms with van der Waals surface area (Å²) in [7, 11) is 0. The topological polar surface area (TPSA) is 37.4 Å². The lowest BCUT2D eigenvalue weighted by molar-refractivity contribution is -0.136. The molecule has 0 radical (unpaired) electrons. The van der Waals surface area contributed by atoms with E-state index in [9.17, 15) is 9.59 Å². The van der Waals surface area contributed by atoms with Gasteiger partial charge in [0.25, 0.3) is 0 Å². The Hall–Kier alpha value is -2.16. The number of carbonyl (C=O) groups is 2. The second-order valence-corrected chi connectivity index (χ2v) is 4.52. The average Bonchev–Trinajstić information content (AvgIpc) is 2.50. The van der Waals surface area contributed by atoms with E-state index in [0.29, 0.717) is 19.4 Å². The third kappa shape index (κ3) is 4.19. The van der Waals surface area contributed by atoms with Gasteiger partial charge in [-0.25, -0.2) is 0 Å². The van der Waals surface area contributed by atoms with Crippen molar-refractivity contribution in [2.24, 2.45) is 0 Å². The molecule has 0 N–H and O–H groups in total. The zero-order valence-corrected chi connectivity index (χ0v) is 11.9. The normalized spacial score (nSPS) is 11.4. The molecule has 106 valence electrons. The van der Waals surface area contributed by atoms with Crippen molar-refractivity contribution in [3.05, 3.63) is 61.2 Å². The van der Waals surface area contributed by atoms with Crippen molar-refractivity contribution >= 4 is 11.7 Å². The fraction of sp³-hybridized carbons (Fsp3) is 0.294. The number of hydrogen-bond acceptors (Lipinski definition) is 2. The van der Waals surface area contributed by atoms with Crippen LogP contribution in [0.5, 0.6) is 0 Å². The third-order valence-corrected chi connectivity index (χ3v) is 3.14. The summed E-state index contributed by atoms with van der Waals surface area (Å²) in [5.74, 6) is -0.196. The van der Waals surface area contributed by atoms with Crippen LogP contribution in [0.25, 0.3) is 0 Å². The van der Waals surface area contributed by atoms with E-state index in [1.165, 1.54) is 6.08 Å². The van der Waals surface area contributed by atoms with Gasteiger partial charge >= 0.3 is 0 Å². The van der Waals surface area contributed by atoms with Gasteiger partial charge in [-0.15, -0.1) is 6.58 Å². The summed E-state index contributed by atoms with van der Waals surface area (Å²) >= 11 is 0. The highest BCUT2D eigenvalue weighted by atomic mass is 16.2. The molecule has 1 rings (SSSR count). The maximum atomic E-state index is 12.1. The van der Waals surface area contributed by atoms with Crippen molar-refractivity contribution in [2.45, 2.75) is 32.4 Å². The van der Waals surface area contributed by atoms with E-state index in [-0.39, 0.29) is 11.7 Å². The minimum atomic E-state index is -0.469. The van der Waals surface area contributed by atoms with E-state index >= 15 is 0 Å². The Morgan fingerprint density at radius 3 is 2.40 bits per heavy atom. The maximum absolute atomic E-state index is 12.1. The van der Waals surface area contributed by atoms with Gasteiger partial charge in [0.15, 0.2) is 5.78 Å². The molecule has 0 unspecified atom stereocenters. The van der Waals surface area contributed by atoms with E-state index in [2.05, 4.69) is 13.2 Å². The minimum Gasteiger partial charge on any atom is -0.324 e. The highest BCUT2D eigenvalue weighted by Gasteiger charge is 2.26. The molecule has 0 saturated heterocycles. The first-order valence-corrected chi connectivity index (χ1v) is 6.74. The lowest BCUT2D eigenvalue weighted by Gasteiger charge is -2.29. The number of benzene rings is 1. The van der Waals surface area contributed by atoms with Gasteiger partial charge in [-0.2, -0.15) is 0 Å². The molecule has 1 aromatic carbocycles. The third-order valence-electron chi connectivity index (χ3n) is 3.14. The Morgan fingerprint density at radius 1 is 1.25 bits per heavy atom. The Morgan fingerprint density at radius 2 is 1.90 bits per heavy atom. The number of hydrogen-bond donors (Lipinski definition) is 0. The number of nitrogens with zero attached hydrogens (tertiary/aromatic N) is 1. The fourth-order valence-corrected chi connectivity index (χ4v) is 2.07. The van der Waals surface area contributed by atoms with Crippen LogP contribution in [0.15, 0.2) is 55.6 Å². The van der Waals surface area contributed by atoms with Crippen molar-refractivity contribution in [3.63, 3.8) is 0 Å². The highest BCUT2D eigenvalue weighted by Crippen LogP contribution is 2.14. The number of rotatable bonds is 8. The lowest BCUT2D eigenvalue weighted by Crippen LogP contribution is -2.43. The van der Waals surface area contributed by atoms with Gasteiger partial charge in [0.2, 0.25) is 5.91 Å². The molecule has 0 bridgehead atoms. The zero-order chi connectivity index (χ0) is 15.0. The molecule has 1 amide bonds. The van der Waals surface area contributed by atoms with Crippen LogP contribution in [0.2, 0.25) is 0 Å². The zero-order valence-electron chi connectivity index (χ0n) is 11.9. The monoisotopic (exact) mass is 271 g/mol. The first kappa shape index (κ1) is 15.9. The Balaban J connectivity index is 3.02. The second-order valence-electron chi connectivity index (χ2n) is 4.52. The fourth-order valence-electron chi connectivity index (χ4n) is 2.07. The Bertz CT molecular complexity index is 479. The van der Waals surface area contributed by atoms with Crippen LogP contribution in [0.3, 0.4) is 0 Å². The van der Waals surface area contributed by atoms with Gasteiger partial charge in [-0.05, 0) is 18.1 Å². The van der Waals surface area contributed by atoms with Crippen LogP contribution in [0.4, 0.5) is 0 Å². The molecule has 20 heavy (non-hydrogen) atoms. The molecule has 3 heteroatoms. The Kier molecular flexibility index (Phi) is 6.44. The quantitative estimate of drug-likeness (QED) is 0.538. The SMILES string of the molecule is C=CC[C@@H](C(=O)CC)N(Cc1ccccc1)C(=O)C=C. The average molecular weight is 271 g/mol. The standard InChI is InChI=1S/C17H21NO2/c1-4-10-15(16(19)5-2)18(17(20)6-3)13-14-11-8-7-9-12-14/h4,6-9,11-12,15H,1,3,5,10,13H2,2H3/t15-/m0/s1. The molecule has 0 aliphatic rings. The maximum Gasteiger partial charge on any atom is 0.246 e. The predicted octanol–water partition coefficient (Wildman–Crippen LogP) is 3.13. The predicted molar refractivity (Wildman–Crippen MR) is 81.1 cm³/mol. The van der Waals surface area contributed by atoms with Crippen LogP contribution in [0.1, 0.15) is 25.3 Å². The summed E-state index contributed by atoms with van der Waals surface area (Å²) in [6.07, 6.45) is 3.78. The molecular formula is C17H21NO2. The van der Waals surface area contributed by atoms with E-state index in [4.69, 9.17) is 0 Å². The van der Waals surface area contributed by atoms with Crippen molar-refractivity contribution < 1.29 is 9.59 Å². The lowest BCUT2D eigenvalue weighted by atomic mass is 10.0. The molecule has 0 fully saturated rings. The van der Waals surface area contributed by atoms with Gasteiger partial charge < -0.3 is 4.90 Å². The molecule has 0 aromatic heterocycles. The number of carbonyl (C=O) groups excluding carboxylic acids is 2. The molecular weight excluding hydrogens is 250 g/mol. The van der Waals surface area contributed by atoms with E-state index in [1.54, 1.807) is 17.9 Å². The molecule has 0 spiro atoms. The summed E-state index contributed by atoms with van der Waals surface area (Å²) in [5.41, 5.74) is 0.987. The summed E-state index contributed by atoms with van der Waals surface area (Å²) in [6.45, 7) is 9.40. The summed E-state index contributed by atoms with van der Waals surface area (Å²) in [6, 6.07) is 9.15. The van der Waals surface area contributed by atoms with Crippen LogP contribution >= 0.6 is 0 Å². The van der Waals surface area contributed by atoms with E-state index < -0.39 is 6.04 Å². The van der Waals surface area contributed by atoms with Crippen LogP contribution in [-0.2, 0) is 16.1 Å². The molecule has 0 aliphatic heterocycles. The minimum absolute atomic E-state index is 0.0380. The largest absolute Gasteiger partial charge is 0.324 e. The summed E-state index contributed by atoms with van der Waals surface area (Å²) in [4.78, 5) is 25.7. The molecule has 0 aliphatic carbocycles. The molecule has 0 saturated carbocycles. The van der Waals surface area contributed by atoms with Gasteiger partial charge in [0, 0.05) is 13.0 Å². The van der Waals surface area contributed by atoms with Gasteiger partial charge in [0.05, 0.1) is 6.04 Å². The number of ketones is 1. The molecule has 1 aromatic rings. The van der Waals surface area contributed by atoms with Crippen molar-refractivity contribution in [2.75, 3.05) is 0 Å². The summed E-state index contributed by atoms with van der Waals surface area (Å²) in [5, 5.41) is 0. The highest BCUT2D eigenvalue weighted by molar-refractivity contribution is 5.93. The van der Waals surface area contributed by atoms with Crippen LogP contribution < -0.4 is 0 Å². The number of Topliss-reactive ketones (excluding diaryl/α,β-unsaturated/α-hetero) is 1. The van der Waals surface area contributed by atoms with Gasteiger partial charge in [0.1, 0.15) is 0 Å². The summed E-state index contributed by atoms with van der Waals surface area (Å²) < 4.78 is 0. The van der Waals surface area contributed by atoms with Crippen LogP contribution in [0, 0.1) is 0 Å². The van der Waals surface area contributed by atoms with Crippen molar-refractivity contribution in [1.29, 1.82) is 0 Å². The first-order chi connectivity index (χ1) is 9.63. The van der Waals surface area contributed by atoms with Gasteiger partial charge in [-0.3, -0.25) is 9.59 Å². The van der Waals surface area contributed by atoms with E-state index in [0.717, 1.165) is 5.56 Å². The first-order valence-electron chi connectivity index (χ1n) is 6.74. The van der Waals surface area contributed by atoms with Crippen molar-refractivity contribution in [3.8, 4) is 0 Å². The smallest absolute Gasteiger partial charge is 0.246 e. The molecule has 0 heterocycles. The second kappa shape index (κ2) is 8.10.